The SMILES string of the molecule is O=C(CSc1n[nH]c(-c2ccc(Cl)cc2)n1)Nc1ccccc1C(=O)Nc1ccccc1. The fourth-order valence-electron chi connectivity index (χ4n) is 2.87. The van der Waals surface area contributed by atoms with Crippen LogP contribution in [-0.4, -0.2) is 32.7 Å². The summed E-state index contributed by atoms with van der Waals surface area (Å²) in [6.45, 7) is 0. The zero-order chi connectivity index (χ0) is 22.3. The summed E-state index contributed by atoms with van der Waals surface area (Å²) in [5, 5.41) is 13.7. The number of hydrogen-bond acceptors (Lipinski definition) is 5. The molecule has 0 bridgehead atoms. The van der Waals surface area contributed by atoms with Crippen molar-refractivity contribution in [3.05, 3.63) is 89.4 Å². The Hall–Kier alpha value is -3.62. The first-order chi connectivity index (χ1) is 15.6. The Balaban J connectivity index is 1.37. The molecule has 0 aliphatic heterocycles. The lowest BCUT2D eigenvalue weighted by molar-refractivity contribution is -0.113. The van der Waals surface area contributed by atoms with E-state index in [0.29, 0.717) is 32.9 Å². The highest BCUT2D eigenvalue weighted by molar-refractivity contribution is 7.99. The summed E-state index contributed by atoms with van der Waals surface area (Å²) in [6, 6.07) is 23.2. The maximum Gasteiger partial charge on any atom is 0.257 e. The minimum atomic E-state index is -0.304. The van der Waals surface area contributed by atoms with Gasteiger partial charge in [0.15, 0.2) is 5.82 Å². The predicted molar refractivity (Wildman–Crippen MR) is 127 cm³/mol. The van der Waals surface area contributed by atoms with Gasteiger partial charge < -0.3 is 10.6 Å². The zero-order valence-corrected chi connectivity index (χ0v) is 18.3. The van der Waals surface area contributed by atoms with Crippen molar-refractivity contribution in [3.63, 3.8) is 0 Å². The molecule has 4 rings (SSSR count). The molecule has 0 fully saturated rings. The molecule has 3 aromatic carbocycles. The summed E-state index contributed by atoms with van der Waals surface area (Å²) < 4.78 is 0. The molecule has 0 aliphatic carbocycles. The number of aromatic amines is 1. The fourth-order valence-corrected chi connectivity index (χ4v) is 3.60. The predicted octanol–water partition coefficient (Wildman–Crippen LogP) is 5.11. The highest BCUT2D eigenvalue weighted by Crippen LogP contribution is 2.22. The Bertz CT molecular complexity index is 1230. The number of hydrogen-bond donors (Lipinski definition) is 3. The molecule has 0 saturated heterocycles. The summed E-state index contributed by atoms with van der Waals surface area (Å²) in [6.07, 6.45) is 0. The number of thioether (sulfide) groups is 1. The number of carbonyl (C=O) groups excluding carboxylic acids is 2. The van der Waals surface area contributed by atoms with Crippen LogP contribution in [0.5, 0.6) is 0 Å². The van der Waals surface area contributed by atoms with Crippen LogP contribution in [0.3, 0.4) is 0 Å². The van der Waals surface area contributed by atoms with Crippen LogP contribution in [0, 0.1) is 0 Å². The van der Waals surface area contributed by atoms with Crippen molar-refractivity contribution in [2.75, 3.05) is 16.4 Å². The van der Waals surface area contributed by atoms with E-state index in [9.17, 15) is 9.59 Å². The number of H-pyrrole nitrogens is 1. The summed E-state index contributed by atoms with van der Waals surface area (Å²) in [7, 11) is 0. The van der Waals surface area contributed by atoms with Gasteiger partial charge in [-0.1, -0.05) is 53.7 Å². The molecule has 0 saturated carbocycles. The standard InChI is InChI=1S/C23H18ClN5O2S/c24-16-12-10-15(11-13-16)21-27-23(29-28-21)32-14-20(30)26-19-9-5-4-8-18(19)22(31)25-17-6-2-1-3-7-17/h1-13H,14H2,(H,25,31)(H,26,30)(H,27,28,29). The van der Waals surface area contributed by atoms with Gasteiger partial charge in [-0.3, -0.25) is 14.7 Å². The number of halogens is 1. The zero-order valence-electron chi connectivity index (χ0n) is 16.7. The van der Waals surface area contributed by atoms with Crippen LogP contribution in [0.15, 0.2) is 84.0 Å². The van der Waals surface area contributed by atoms with Gasteiger partial charge in [-0.15, -0.1) is 5.10 Å². The number of anilines is 2. The smallest absolute Gasteiger partial charge is 0.257 e. The van der Waals surface area contributed by atoms with Crippen LogP contribution in [0.4, 0.5) is 11.4 Å². The molecule has 1 heterocycles. The number of amides is 2. The number of carbonyl (C=O) groups is 2. The van der Waals surface area contributed by atoms with E-state index in [-0.39, 0.29) is 17.6 Å². The quantitative estimate of drug-likeness (QED) is 0.331. The molecule has 0 radical (unpaired) electrons. The third-order valence-electron chi connectivity index (χ3n) is 4.39. The van der Waals surface area contributed by atoms with E-state index in [2.05, 4.69) is 25.8 Å². The normalized spacial score (nSPS) is 10.5. The van der Waals surface area contributed by atoms with E-state index < -0.39 is 0 Å². The van der Waals surface area contributed by atoms with E-state index in [1.54, 1.807) is 48.5 Å². The molecule has 9 heteroatoms. The minimum absolute atomic E-state index is 0.0898. The molecule has 0 spiro atoms. The number of nitrogens with one attached hydrogen (secondary N) is 3. The molecule has 7 nitrogen and oxygen atoms in total. The molecule has 0 aliphatic rings. The Labute approximate surface area is 193 Å². The average molecular weight is 464 g/mol. The van der Waals surface area contributed by atoms with E-state index >= 15 is 0 Å². The third-order valence-corrected chi connectivity index (χ3v) is 5.49. The van der Waals surface area contributed by atoms with E-state index in [1.807, 2.05) is 30.3 Å². The number of benzene rings is 3. The van der Waals surface area contributed by atoms with Gasteiger partial charge in [0.1, 0.15) is 0 Å². The average Bonchev–Trinajstić information content (AvgIpc) is 3.28. The Morgan fingerprint density at radius 2 is 1.62 bits per heavy atom. The number of rotatable bonds is 7. The molecule has 2 amide bonds. The van der Waals surface area contributed by atoms with E-state index in [1.165, 1.54) is 11.8 Å². The fraction of sp³-hybridized carbons (Fsp3) is 0.0435. The molecule has 1 aromatic heterocycles. The lowest BCUT2D eigenvalue weighted by Crippen LogP contribution is -2.19. The maximum atomic E-state index is 12.7. The highest BCUT2D eigenvalue weighted by atomic mass is 35.5. The minimum Gasteiger partial charge on any atom is -0.325 e. The lowest BCUT2D eigenvalue weighted by Gasteiger charge is -2.11. The van der Waals surface area contributed by atoms with Gasteiger partial charge in [0, 0.05) is 16.3 Å². The summed E-state index contributed by atoms with van der Waals surface area (Å²) in [5.41, 5.74) is 2.33. The second-order valence-corrected chi connectivity index (χ2v) is 8.06. The van der Waals surface area contributed by atoms with Gasteiger partial charge in [-0.2, -0.15) is 0 Å². The largest absolute Gasteiger partial charge is 0.325 e. The molecule has 0 unspecified atom stereocenters. The van der Waals surface area contributed by atoms with Crippen molar-refractivity contribution in [2.24, 2.45) is 0 Å². The maximum absolute atomic E-state index is 12.7. The molecular formula is C23H18ClN5O2S. The molecule has 3 N–H and O–H groups in total. The van der Waals surface area contributed by atoms with Gasteiger partial charge >= 0.3 is 0 Å². The van der Waals surface area contributed by atoms with Gasteiger partial charge in [-0.25, -0.2) is 4.98 Å². The summed E-state index contributed by atoms with van der Waals surface area (Å²) >= 11 is 7.10. The second-order valence-electron chi connectivity index (χ2n) is 6.68. The van der Waals surface area contributed by atoms with Crippen LogP contribution >= 0.6 is 23.4 Å². The third kappa shape index (κ3) is 5.54. The van der Waals surface area contributed by atoms with Crippen molar-refractivity contribution >= 4 is 46.6 Å². The molecule has 32 heavy (non-hydrogen) atoms. The molecule has 160 valence electrons. The number of para-hydroxylation sites is 2. The first-order valence-corrected chi connectivity index (χ1v) is 11.0. The van der Waals surface area contributed by atoms with Crippen molar-refractivity contribution in [1.29, 1.82) is 0 Å². The van der Waals surface area contributed by atoms with Gasteiger partial charge in [-0.05, 0) is 48.5 Å². The van der Waals surface area contributed by atoms with Crippen LogP contribution in [0.25, 0.3) is 11.4 Å². The monoisotopic (exact) mass is 463 g/mol. The van der Waals surface area contributed by atoms with Crippen LogP contribution in [0.1, 0.15) is 10.4 Å². The van der Waals surface area contributed by atoms with E-state index in [0.717, 1.165) is 5.56 Å². The second kappa shape index (κ2) is 10.1. The number of aromatic nitrogens is 3. The van der Waals surface area contributed by atoms with Crippen molar-refractivity contribution in [1.82, 2.24) is 15.2 Å². The topological polar surface area (TPSA) is 99.8 Å². The van der Waals surface area contributed by atoms with E-state index in [4.69, 9.17) is 11.6 Å². The molecule has 0 atom stereocenters. The van der Waals surface area contributed by atoms with Crippen LogP contribution in [-0.2, 0) is 4.79 Å². The van der Waals surface area contributed by atoms with Crippen molar-refractivity contribution < 1.29 is 9.59 Å². The molecular weight excluding hydrogens is 446 g/mol. The van der Waals surface area contributed by atoms with Crippen molar-refractivity contribution in [3.8, 4) is 11.4 Å². The van der Waals surface area contributed by atoms with Gasteiger partial charge in [0.05, 0.1) is 17.0 Å². The van der Waals surface area contributed by atoms with Crippen LogP contribution in [0.2, 0.25) is 5.02 Å². The Morgan fingerprint density at radius 3 is 2.41 bits per heavy atom. The number of nitrogens with zero attached hydrogens (tertiary/aromatic N) is 2. The lowest BCUT2D eigenvalue weighted by atomic mass is 10.1. The van der Waals surface area contributed by atoms with Crippen molar-refractivity contribution in [2.45, 2.75) is 5.16 Å². The van der Waals surface area contributed by atoms with Crippen LogP contribution < -0.4 is 10.6 Å². The highest BCUT2D eigenvalue weighted by Gasteiger charge is 2.14. The Morgan fingerprint density at radius 1 is 0.906 bits per heavy atom. The van der Waals surface area contributed by atoms with Gasteiger partial charge in [0.2, 0.25) is 11.1 Å². The summed E-state index contributed by atoms with van der Waals surface area (Å²) in [4.78, 5) is 29.5. The molecule has 4 aromatic rings. The Kier molecular flexibility index (Phi) is 6.84. The first-order valence-electron chi connectivity index (χ1n) is 9.65. The van der Waals surface area contributed by atoms with Gasteiger partial charge in [0.25, 0.3) is 5.91 Å². The first kappa shape index (κ1) is 21.6. The summed E-state index contributed by atoms with van der Waals surface area (Å²) in [5.74, 6) is 0.105.